The molecule has 0 radical (unpaired) electrons. The van der Waals surface area contributed by atoms with Crippen LogP contribution < -0.4 is 0 Å². The maximum atomic E-state index is 8.80. The Hall–Kier alpha value is -2.14. The Kier molecular flexibility index (Phi) is 2.70. The fourth-order valence-electron chi connectivity index (χ4n) is 1.56. The third-order valence-corrected chi connectivity index (χ3v) is 2.67. The summed E-state index contributed by atoms with van der Waals surface area (Å²) < 4.78 is 0. The van der Waals surface area contributed by atoms with E-state index in [2.05, 4.69) is 37.0 Å². The highest BCUT2D eigenvalue weighted by Gasteiger charge is 2.02. The lowest BCUT2D eigenvalue weighted by atomic mass is 10.0. The van der Waals surface area contributed by atoms with Crippen molar-refractivity contribution in [3.05, 3.63) is 53.2 Å². The van der Waals surface area contributed by atoms with Crippen LogP contribution in [0.15, 0.2) is 36.4 Å². The van der Waals surface area contributed by atoms with Crippen molar-refractivity contribution in [2.24, 2.45) is 0 Å². The summed E-state index contributed by atoms with van der Waals surface area (Å²) >= 11 is 0. The van der Waals surface area contributed by atoms with Crippen LogP contribution in [0.4, 0.5) is 0 Å². The van der Waals surface area contributed by atoms with Crippen LogP contribution in [-0.2, 0) is 0 Å². The number of rotatable bonds is 1. The van der Waals surface area contributed by atoms with Gasteiger partial charge in [0.2, 0.25) is 0 Å². The quantitative estimate of drug-likeness (QED) is 0.721. The van der Waals surface area contributed by atoms with E-state index in [1.54, 1.807) is 6.07 Å². The lowest BCUT2D eigenvalue weighted by molar-refractivity contribution is 1.25. The van der Waals surface area contributed by atoms with E-state index in [1.165, 1.54) is 11.1 Å². The second kappa shape index (κ2) is 4.16. The minimum absolute atomic E-state index is 0.454. The summed E-state index contributed by atoms with van der Waals surface area (Å²) in [4.78, 5) is 4.27. The van der Waals surface area contributed by atoms with E-state index in [1.807, 2.05) is 18.2 Å². The highest BCUT2D eigenvalue weighted by atomic mass is 14.7. The minimum Gasteiger partial charge on any atom is -0.237 e. The molecule has 1 aromatic carbocycles. The molecule has 0 fully saturated rings. The SMILES string of the molecule is Cc1ccc(-c2cccc(C#N)n2)cc1C. The van der Waals surface area contributed by atoms with Crippen LogP contribution in [0.25, 0.3) is 11.3 Å². The van der Waals surface area contributed by atoms with Gasteiger partial charge in [0.05, 0.1) is 5.69 Å². The van der Waals surface area contributed by atoms with Crippen LogP contribution in [0.5, 0.6) is 0 Å². The number of aromatic nitrogens is 1. The van der Waals surface area contributed by atoms with Crippen molar-refractivity contribution in [1.82, 2.24) is 4.98 Å². The molecule has 0 N–H and O–H groups in total. The van der Waals surface area contributed by atoms with Gasteiger partial charge in [-0.1, -0.05) is 18.2 Å². The van der Waals surface area contributed by atoms with Crippen molar-refractivity contribution < 1.29 is 0 Å². The van der Waals surface area contributed by atoms with Gasteiger partial charge < -0.3 is 0 Å². The van der Waals surface area contributed by atoms with Gasteiger partial charge in [-0.05, 0) is 43.2 Å². The second-order valence-electron chi connectivity index (χ2n) is 3.82. The van der Waals surface area contributed by atoms with Gasteiger partial charge in [-0.25, -0.2) is 4.98 Å². The molecule has 0 atom stereocenters. The fraction of sp³-hybridized carbons (Fsp3) is 0.143. The van der Waals surface area contributed by atoms with Crippen molar-refractivity contribution in [3.63, 3.8) is 0 Å². The summed E-state index contributed by atoms with van der Waals surface area (Å²) in [6.07, 6.45) is 0. The molecular formula is C14H12N2. The normalized spacial score (nSPS) is 9.81. The fourth-order valence-corrected chi connectivity index (χ4v) is 1.56. The number of pyridine rings is 1. The number of nitriles is 1. The van der Waals surface area contributed by atoms with E-state index >= 15 is 0 Å². The van der Waals surface area contributed by atoms with E-state index in [0.717, 1.165) is 11.3 Å². The van der Waals surface area contributed by atoms with Crippen LogP contribution >= 0.6 is 0 Å². The summed E-state index contributed by atoms with van der Waals surface area (Å²) in [5, 5.41) is 8.80. The molecule has 0 aliphatic carbocycles. The molecule has 2 aromatic rings. The lowest BCUT2D eigenvalue weighted by Crippen LogP contribution is -1.88. The molecule has 0 unspecified atom stereocenters. The van der Waals surface area contributed by atoms with Crippen LogP contribution in [0.1, 0.15) is 16.8 Å². The number of nitrogens with zero attached hydrogens (tertiary/aromatic N) is 2. The molecule has 2 nitrogen and oxygen atoms in total. The van der Waals surface area contributed by atoms with E-state index in [4.69, 9.17) is 5.26 Å². The van der Waals surface area contributed by atoms with Gasteiger partial charge in [-0.15, -0.1) is 0 Å². The number of aryl methyl sites for hydroxylation is 2. The maximum absolute atomic E-state index is 8.80. The van der Waals surface area contributed by atoms with E-state index in [-0.39, 0.29) is 0 Å². The summed E-state index contributed by atoms with van der Waals surface area (Å²) in [5.41, 5.74) is 4.86. The molecule has 2 rings (SSSR count). The number of hydrogen-bond donors (Lipinski definition) is 0. The zero-order chi connectivity index (χ0) is 11.5. The highest BCUT2D eigenvalue weighted by molar-refractivity contribution is 5.61. The molecule has 2 heteroatoms. The molecule has 0 aliphatic heterocycles. The summed E-state index contributed by atoms with van der Waals surface area (Å²) in [6.45, 7) is 4.16. The van der Waals surface area contributed by atoms with Crippen molar-refractivity contribution >= 4 is 0 Å². The first kappa shape index (κ1) is 10.4. The first-order valence-corrected chi connectivity index (χ1v) is 5.15. The third-order valence-electron chi connectivity index (χ3n) is 2.67. The highest BCUT2D eigenvalue weighted by Crippen LogP contribution is 2.20. The topological polar surface area (TPSA) is 36.7 Å². The van der Waals surface area contributed by atoms with Gasteiger partial charge in [0.25, 0.3) is 0 Å². The molecule has 0 amide bonds. The molecule has 0 saturated heterocycles. The third kappa shape index (κ3) is 1.94. The maximum Gasteiger partial charge on any atom is 0.141 e. The number of benzene rings is 1. The zero-order valence-electron chi connectivity index (χ0n) is 9.36. The molecule has 16 heavy (non-hydrogen) atoms. The van der Waals surface area contributed by atoms with Crippen LogP contribution in [0.3, 0.4) is 0 Å². The van der Waals surface area contributed by atoms with Crippen molar-refractivity contribution in [1.29, 1.82) is 5.26 Å². The van der Waals surface area contributed by atoms with Gasteiger partial charge in [0.1, 0.15) is 11.8 Å². The zero-order valence-corrected chi connectivity index (χ0v) is 9.36. The Morgan fingerprint density at radius 1 is 1.06 bits per heavy atom. The Balaban J connectivity index is 2.51. The van der Waals surface area contributed by atoms with Crippen LogP contribution in [0.2, 0.25) is 0 Å². The second-order valence-corrected chi connectivity index (χ2v) is 3.82. The predicted molar refractivity (Wildman–Crippen MR) is 63.9 cm³/mol. The van der Waals surface area contributed by atoms with Gasteiger partial charge in [-0.3, -0.25) is 0 Å². The summed E-state index contributed by atoms with van der Waals surface area (Å²) in [6, 6.07) is 13.7. The van der Waals surface area contributed by atoms with Crippen LogP contribution in [0, 0.1) is 25.2 Å². The van der Waals surface area contributed by atoms with Gasteiger partial charge in [0.15, 0.2) is 0 Å². The minimum atomic E-state index is 0.454. The number of hydrogen-bond acceptors (Lipinski definition) is 2. The first-order chi connectivity index (χ1) is 7.70. The lowest BCUT2D eigenvalue weighted by Gasteiger charge is -2.04. The van der Waals surface area contributed by atoms with Gasteiger partial charge in [0, 0.05) is 5.56 Å². The molecule has 1 heterocycles. The largest absolute Gasteiger partial charge is 0.237 e. The summed E-state index contributed by atoms with van der Waals surface area (Å²) in [7, 11) is 0. The Bertz CT molecular complexity index is 565. The molecule has 1 aromatic heterocycles. The summed E-state index contributed by atoms with van der Waals surface area (Å²) in [5.74, 6) is 0. The Morgan fingerprint density at radius 2 is 1.88 bits per heavy atom. The molecule has 78 valence electrons. The monoisotopic (exact) mass is 208 g/mol. The first-order valence-electron chi connectivity index (χ1n) is 5.15. The molecule has 0 spiro atoms. The molecule has 0 saturated carbocycles. The standard InChI is InChI=1S/C14H12N2/c1-10-6-7-12(8-11(10)2)14-5-3-4-13(9-15)16-14/h3-8H,1-2H3. The Labute approximate surface area is 95.2 Å². The molecule has 0 aliphatic rings. The molecular weight excluding hydrogens is 196 g/mol. The predicted octanol–water partition coefficient (Wildman–Crippen LogP) is 3.24. The van der Waals surface area contributed by atoms with E-state index < -0.39 is 0 Å². The average Bonchev–Trinajstić information content (AvgIpc) is 2.33. The van der Waals surface area contributed by atoms with Crippen molar-refractivity contribution in [2.45, 2.75) is 13.8 Å². The Morgan fingerprint density at radius 3 is 2.56 bits per heavy atom. The van der Waals surface area contributed by atoms with Crippen molar-refractivity contribution in [3.8, 4) is 17.3 Å². The smallest absolute Gasteiger partial charge is 0.141 e. The van der Waals surface area contributed by atoms with Crippen LogP contribution in [-0.4, -0.2) is 4.98 Å². The van der Waals surface area contributed by atoms with E-state index in [9.17, 15) is 0 Å². The van der Waals surface area contributed by atoms with Gasteiger partial charge in [-0.2, -0.15) is 5.26 Å². The van der Waals surface area contributed by atoms with Gasteiger partial charge >= 0.3 is 0 Å². The van der Waals surface area contributed by atoms with Crippen molar-refractivity contribution in [2.75, 3.05) is 0 Å². The van der Waals surface area contributed by atoms with E-state index in [0.29, 0.717) is 5.69 Å². The molecule has 0 bridgehead atoms. The average molecular weight is 208 g/mol.